The Bertz CT molecular complexity index is 344. The van der Waals surface area contributed by atoms with Crippen molar-refractivity contribution < 1.29 is 18.3 Å². The molecule has 0 aliphatic heterocycles. The minimum atomic E-state index is -1.48. The number of carbonyl (C=O) groups excluding carboxylic acids is 1. The lowest BCUT2D eigenvalue weighted by molar-refractivity contribution is -0.140. The molecule has 1 aromatic rings. The fourth-order valence-electron chi connectivity index (χ4n) is 0.796. The van der Waals surface area contributed by atoms with E-state index < -0.39 is 17.6 Å². The Morgan fingerprint density at radius 2 is 2.29 bits per heavy atom. The summed E-state index contributed by atoms with van der Waals surface area (Å²) in [6, 6.07) is 2.96. The summed E-state index contributed by atoms with van der Waals surface area (Å²) >= 11 is 1.01. The number of carbonyl (C=O) groups is 1. The minimum Gasteiger partial charge on any atom is -0.461 e. The summed E-state index contributed by atoms with van der Waals surface area (Å²) in [5, 5.41) is 1.59. The van der Waals surface area contributed by atoms with Crippen molar-refractivity contribution in [3.05, 3.63) is 28.2 Å². The number of halogens is 2. The second-order valence-corrected chi connectivity index (χ2v) is 3.27. The van der Waals surface area contributed by atoms with E-state index in [0.29, 0.717) is 0 Å². The number of thiophene rings is 1. The highest BCUT2D eigenvalue weighted by molar-refractivity contribution is 7.11. The summed E-state index contributed by atoms with van der Waals surface area (Å²) in [5.41, 5.74) is 0. The zero-order valence-corrected chi connectivity index (χ0v) is 8.24. The lowest BCUT2D eigenvalue weighted by atomic mass is 10.3. The highest BCUT2D eigenvalue weighted by Crippen LogP contribution is 2.25. The molecule has 0 fully saturated rings. The maximum Gasteiger partial charge on any atom is 0.370 e. The van der Waals surface area contributed by atoms with Gasteiger partial charge in [0.15, 0.2) is 5.83 Å². The molecule has 0 bridgehead atoms. The van der Waals surface area contributed by atoms with E-state index >= 15 is 0 Å². The third-order valence-electron chi connectivity index (χ3n) is 1.38. The quantitative estimate of drug-likeness (QED) is 0.576. The van der Waals surface area contributed by atoms with Gasteiger partial charge in [-0.25, -0.2) is 9.18 Å². The van der Waals surface area contributed by atoms with E-state index in [4.69, 9.17) is 0 Å². The first kappa shape index (κ1) is 10.8. The SMILES string of the molecule is CCOC(=O)/C(F)=C(/F)c1cccs1. The van der Waals surface area contributed by atoms with Gasteiger partial charge in [-0.1, -0.05) is 6.07 Å². The van der Waals surface area contributed by atoms with Gasteiger partial charge >= 0.3 is 5.97 Å². The number of esters is 1. The molecule has 0 amide bonds. The van der Waals surface area contributed by atoms with Crippen LogP contribution in [0.1, 0.15) is 11.8 Å². The monoisotopic (exact) mass is 218 g/mol. The molecule has 0 spiro atoms. The summed E-state index contributed by atoms with van der Waals surface area (Å²) < 4.78 is 30.4. The Morgan fingerprint density at radius 3 is 2.79 bits per heavy atom. The van der Waals surface area contributed by atoms with Gasteiger partial charge in [0.25, 0.3) is 0 Å². The molecule has 0 aromatic carbocycles. The molecule has 14 heavy (non-hydrogen) atoms. The summed E-state index contributed by atoms with van der Waals surface area (Å²) in [5.74, 6) is -3.91. The summed E-state index contributed by atoms with van der Waals surface area (Å²) in [6.07, 6.45) is 0. The zero-order chi connectivity index (χ0) is 10.6. The first-order valence-corrected chi connectivity index (χ1v) is 4.81. The van der Waals surface area contributed by atoms with Gasteiger partial charge in [0.1, 0.15) is 0 Å². The Hall–Kier alpha value is -1.23. The van der Waals surface area contributed by atoms with Gasteiger partial charge < -0.3 is 4.74 Å². The van der Waals surface area contributed by atoms with Gasteiger partial charge in [-0.15, -0.1) is 11.3 Å². The second kappa shape index (κ2) is 4.85. The lowest BCUT2D eigenvalue weighted by Crippen LogP contribution is -2.05. The van der Waals surface area contributed by atoms with Crippen molar-refractivity contribution in [2.45, 2.75) is 6.92 Å². The van der Waals surface area contributed by atoms with Crippen LogP contribution in [0.5, 0.6) is 0 Å². The van der Waals surface area contributed by atoms with Crippen molar-refractivity contribution in [1.82, 2.24) is 0 Å². The molecule has 1 rings (SSSR count). The molecule has 0 atom stereocenters. The van der Waals surface area contributed by atoms with Gasteiger partial charge in [0.2, 0.25) is 5.83 Å². The van der Waals surface area contributed by atoms with E-state index in [2.05, 4.69) is 4.74 Å². The van der Waals surface area contributed by atoms with Crippen LogP contribution < -0.4 is 0 Å². The topological polar surface area (TPSA) is 26.3 Å². The maximum absolute atomic E-state index is 13.1. The van der Waals surface area contributed by atoms with E-state index in [1.165, 1.54) is 13.0 Å². The van der Waals surface area contributed by atoms with Crippen molar-refractivity contribution in [2.24, 2.45) is 0 Å². The second-order valence-electron chi connectivity index (χ2n) is 2.33. The standard InChI is InChI=1S/C9H8F2O2S/c1-2-13-9(12)8(11)7(10)6-4-3-5-14-6/h3-5H,2H2,1H3/b8-7-. The number of ether oxygens (including phenoxy) is 1. The Balaban J connectivity index is 2.88. The smallest absolute Gasteiger partial charge is 0.370 e. The molecule has 5 heteroatoms. The summed E-state index contributed by atoms with van der Waals surface area (Å²) in [6.45, 7) is 1.54. The average molecular weight is 218 g/mol. The molecular formula is C9H8F2O2S. The molecule has 1 aromatic heterocycles. The van der Waals surface area contributed by atoms with Crippen LogP contribution in [0.25, 0.3) is 5.83 Å². The van der Waals surface area contributed by atoms with Crippen LogP contribution in [-0.2, 0) is 9.53 Å². The molecule has 2 nitrogen and oxygen atoms in total. The van der Waals surface area contributed by atoms with E-state index in [9.17, 15) is 13.6 Å². The molecule has 0 aliphatic rings. The predicted molar refractivity (Wildman–Crippen MR) is 50.1 cm³/mol. The van der Waals surface area contributed by atoms with Crippen LogP contribution in [0.2, 0.25) is 0 Å². The Morgan fingerprint density at radius 1 is 1.57 bits per heavy atom. The van der Waals surface area contributed by atoms with Crippen LogP contribution in [-0.4, -0.2) is 12.6 Å². The fourth-order valence-corrected chi connectivity index (χ4v) is 1.45. The number of hydrogen-bond acceptors (Lipinski definition) is 3. The first-order chi connectivity index (χ1) is 6.66. The number of rotatable bonds is 3. The van der Waals surface area contributed by atoms with Gasteiger partial charge in [-0.05, 0) is 18.4 Å². The molecule has 0 unspecified atom stereocenters. The molecule has 0 radical (unpaired) electrons. The third-order valence-corrected chi connectivity index (χ3v) is 2.25. The van der Waals surface area contributed by atoms with Crippen molar-refractivity contribution in [1.29, 1.82) is 0 Å². The van der Waals surface area contributed by atoms with E-state index in [1.54, 1.807) is 11.4 Å². The summed E-state index contributed by atoms with van der Waals surface area (Å²) in [7, 11) is 0. The average Bonchev–Trinajstić information content (AvgIpc) is 2.68. The van der Waals surface area contributed by atoms with Crippen LogP contribution in [0.15, 0.2) is 23.3 Å². The fraction of sp³-hybridized carbons (Fsp3) is 0.222. The van der Waals surface area contributed by atoms with Crippen LogP contribution >= 0.6 is 11.3 Å². The van der Waals surface area contributed by atoms with Crippen molar-refractivity contribution >= 4 is 23.1 Å². The van der Waals surface area contributed by atoms with Gasteiger partial charge in [-0.3, -0.25) is 0 Å². The molecule has 0 N–H and O–H groups in total. The van der Waals surface area contributed by atoms with Crippen molar-refractivity contribution in [2.75, 3.05) is 6.61 Å². The van der Waals surface area contributed by atoms with Crippen molar-refractivity contribution in [3.8, 4) is 0 Å². The lowest BCUT2D eigenvalue weighted by Gasteiger charge is -1.99. The van der Waals surface area contributed by atoms with Crippen LogP contribution in [0, 0.1) is 0 Å². The predicted octanol–water partition coefficient (Wildman–Crippen LogP) is 2.92. The molecule has 76 valence electrons. The summed E-state index contributed by atoms with van der Waals surface area (Å²) in [4.78, 5) is 10.9. The van der Waals surface area contributed by atoms with E-state index in [0.717, 1.165) is 11.3 Å². The Labute approximate surface area is 83.8 Å². The third kappa shape index (κ3) is 2.38. The molecular weight excluding hydrogens is 210 g/mol. The molecule has 0 saturated carbocycles. The van der Waals surface area contributed by atoms with Gasteiger partial charge in [0, 0.05) is 0 Å². The largest absolute Gasteiger partial charge is 0.461 e. The minimum absolute atomic E-state index is 0.0178. The first-order valence-electron chi connectivity index (χ1n) is 3.93. The molecule has 1 heterocycles. The normalized spacial score (nSPS) is 12.2. The van der Waals surface area contributed by atoms with Gasteiger partial charge in [0.05, 0.1) is 11.5 Å². The van der Waals surface area contributed by atoms with Crippen LogP contribution in [0.4, 0.5) is 8.78 Å². The highest BCUT2D eigenvalue weighted by atomic mass is 32.1. The van der Waals surface area contributed by atoms with Crippen molar-refractivity contribution in [3.63, 3.8) is 0 Å². The highest BCUT2D eigenvalue weighted by Gasteiger charge is 2.18. The van der Waals surface area contributed by atoms with Crippen LogP contribution in [0.3, 0.4) is 0 Å². The molecule has 0 aliphatic carbocycles. The van der Waals surface area contributed by atoms with E-state index in [-0.39, 0.29) is 11.5 Å². The number of hydrogen-bond donors (Lipinski definition) is 0. The van der Waals surface area contributed by atoms with E-state index in [1.807, 2.05) is 0 Å². The Kier molecular flexibility index (Phi) is 3.76. The molecule has 0 saturated heterocycles. The van der Waals surface area contributed by atoms with Gasteiger partial charge in [-0.2, -0.15) is 4.39 Å². The maximum atomic E-state index is 13.1. The zero-order valence-electron chi connectivity index (χ0n) is 7.42.